The molecule has 0 aliphatic rings. The van der Waals surface area contributed by atoms with Crippen LogP contribution in [0.2, 0.25) is 0 Å². The summed E-state index contributed by atoms with van der Waals surface area (Å²) in [5.74, 6) is -51.7. The number of hydrogen-bond donors (Lipinski definition) is 0. The topological polar surface area (TPSA) is 34.1 Å². The Labute approximate surface area is 201 Å². The summed E-state index contributed by atoms with van der Waals surface area (Å²) in [5.41, 5.74) is 0. The highest BCUT2D eigenvalue weighted by Crippen LogP contribution is 2.64. The lowest BCUT2D eigenvalue weighted by molar-refractivity contribution is -0.458. The van der Waals surface area contributed by atoms with E-state index >= 15 is 0 Å². The molecular formula is C12HBr2F17O2S2. The molecule has 0 saturated heterocycles. The van der Waals surface area contributed by atoms with Gasteiger partial charge in [0.25, 0.3) is 9.84 Å². The van der Waals surface area contributed by atoms with E-state index < -0.39 is 69.3 Å². The Morgan fingerprint density at radius 1 is 0.571 bits per heavy atom. The van der Waals surface area contributed by atoms with E-state index in [9.17, 15) is 83.1 Å². The van der Waals surface area contributed by atoms with E-state index in [1.165, 1.54) is 0 Å². The van der Waals surface area contributed by atoms with Gasteiger partial charge >= 0.3 is 47.0 Å². The fourth-order valence-electron chi connectivity index (χ4n) is 1.96. The molecule has 35 heavy (non-hydrogen) atoms. The van der Waals surface area contributed by atoms with E-state index in [1.54, 1.807) is 0 Å². The maximum Gasteiger partial charge on any atom is 0.460 e. The number of halogens is 19. The Morgan fingerprint density at radius 2 is 0.886 bits per heavy atom. The molecule has 0 fully saturated rings. The van der Waals surface area contributed by atoms with Crippen LogP contribution in [-0.2, 0) is 9.84 Å². The molecule has 0 aromatic carbocycles. The van der Waals surface area contributed by atoms with E-state index in [2.05, 4.69) is 31.9 Å². The van der Waals surface area contributed by atoms with E-state index in [-0.39, 0.29) is 17.4 Å². The standard InChI is InChI=1S/C12HBr2F17O2S2/c13-3-1-2(4(14)34-3)35(32,33)12(30,31)10(25,26)8(21,22)6(17,18)5(15,16)7(19,20)9(23,24)11(27,28)29/h1H. The summed E-state index contributed by atoms with van der Waals surface area (Å²) in [7, 11) is -7.31. The Kier molecular flexibility index (Phi) is 7.85. The van der Waals surface area contributed by atoms with Crippen molar-refractivity contribution in [1.29, 1.82) is 0 Å². The lowest BCUT2D eigenvalue weighted by Gasteiger charge is -2.42. The molecule has 0 radical (unpaired) electrons. The number of thiophene rings is 1. The molecule has 0 aliphatic carbocycles. The van der Waals surface area contributed by atoms with Crippen molar-refractivity contribution in [3.05, 3.63) is 13.6 Å². The Morgan fingerprint density at radius 3 is 1.17 bits per heavy atom. The van der Waals surface area contributed by atoms with Crippen molar-refractivity contribution in [1.82, 2.24) is 0 Å². The van der Waals surface area contributed by atoms with Crippen LogP contribution in [0.3, 0.4) is 0 Å². The quantitative estimate of drug-likeness (QED) is 0.255. The second kappa shape index (κ2) is 8.46. The monoisotopic (exact) mass is 722 g/mol. The lowest BCUT2D eigenvalue weighted by atomic mass is 9.91. The molecule has 1 rings (SSSR count). The van der Waals surface area contributed by atoms with Gasteiger partial charge in [0, 0.05) is 0 Å². The van der Waals surface area contributed by atoms with Gasteiger partial charge in [-0.25, -0.2) is 8.42 Å². The smallest absolute Gasteiger partial charge is 0.217 e. The highest BCUT2D eigenvalue weighted by molar-refractivity contribution is 9.12. The van der Waals surface area contributed by atoms with Crippen molar-refractivity contribution in [2.24, 2.45) is 0 Å². The predicted molar refractivity (Wildman–Crippen MR) is 87.6 cm³/mol. The summed E-state index contributed by atoms with van der Waals surface area (Å²) in [6.07, 6.45) is -7.88. The third-order valence-corrected chi connectivity index (χ3v) is 8.51. The second-order valence-electron chi connectivity index (χ2n) is 6.15. The Hall–Kier alpha value is -0.580. The average Bonchev–Trinajstić information content (AvgIpc) is 2.98. The van der Waals surface area contributed by atoms with Gasteiger partial charge in [-0.3, -0.25) is 0 Å². The molecule has 0 amide bonds. The van der Waals surface area contributed by atoms with E-state index in [4.69, 9.17) is 0 Å². The fourth-order valence-corrected chi connectivity index (χ4v) is 7.02. The fraction of sp³-hybridized carbons (Fsp3) is 0.667. The van der Waals surface area contributed by atoms with Crippen molar-refractivity contribution < 1.29 is 83.1 Å². The Bertz CT molecular complexity index is 1070. The second-order valence-corrected chi connectivity index (χ2v) is 11.9. The van der Waals surface area contributed by atoms with Gasteiger partial charge in [-0.15, -0.1) is 11.3 Å². The van der Waals surface area contributed by atoms with Crippen molar-refractivity contribution in [3.63, 3.8) is 0 Å². The zero-order chi connectivity index (χ0) is 28.6. The SMILES string of the molecule is O=S(=O)(c1cc(Br)sc1Br)C(F)(F)C(F)(F)C(F)(F)C(F)(F)C(F)(F)C(F)(F)C(F)(F)C(F)(F)F. The first-order chi connectivity index (χ1) is 14.9. The average molecular weight is 724 g/mol. The molecule has 1 heterocycles. The van der Waals surface area contributed by atoms with E-state index in [0.29, 0.717) is 0 Å². The summed E-state index contributed by atoms with van der Waals surface area (Å²) >= 11 is 4.69. The molecule has 2 nitrogen and oxygen atoms in total. The van der Waals surface area contributed by atoms with Crippen LogP contribution in [0, 0.1) is 0 Å². The van der Waals surface area contributed by atoms with Crippen molar-refractivity contribution in [2.45, 2.75) is 51.9 Å². The normalized spacial score (nSPS) is 16.1. The van der Waals surface area contributed by atoms with Gasteiger partial charge in [-0.2, -0.15) is 74.6 Å². The molecule has 0 atom stereocenters. The van der Waals surface area contributed by atoms with Gasteiger partial charge < -0.3 is 0 Å². The summed E-state index contributed by atoms with van der Waals surface area (Å²) in [6, 6.07) is -0.00298. The summed E-state index contributed by atoms with van der Waals surface area (Å²) in [5, 5.41) is -7.58. The minimum atomic E-state index is -8.85. The zero-order valence-corrected chi connectivity index (χ0v) is 19.7. The molecule has 0 spiro atoms. The molecule has 0 aliphatic heterocycles. The first-order valence-corrected chi connectivity index (χ1v) is 11.2. The first-order valence-electron chi connectivity index (χ1n) is 7.32. The summed E-state index contributed by atoms with van der Waals surface area (Å²) < 4.78 is 247. The van der Waals surface area contributed by atoms with Crippen molar-refractivity contribution in [3.8, 4) is 0 Å². The van der Waals surface area contributed by atoms with Crippen LogP contribution in [0.15, 0.2) is 18.5 Å². The van der Waals surface area contributed by atoms with Crippen LogP contribution in [0.5, 0.6) is 0 Å². The van der Waals surface area contributed by atoms with Crippen LogP contribution in [0.1, 0.15) is 0 Å². The van der Waals surface area contributed by atoms with Gasteiger partial charge in [0.1, 0.15) is 0 Å². The van der Waals surface area contributed by atoms with Crippen LogP contribution < -0.4 is 0 Å². The summed E-state index contributed by atoms with van der Waals surface area (Å²) in [4.78, 5) is -2.04. The number of hydrogen-bond acceptors (Lipinski definition) is 3. The van der Waals surface area contributed by atoms with E-state index in [0.717, 1.165) is 0 Å². The van der Waals surface area contributed by atoms with Crippen molar-refractivity contribution >= 4 is 53.0 Å². The lowest BCUT2D eigenvalue weighted by Crippen LogP contribution is -2.75. The zero-order valence-electron chi connectivity index (χ0n) is 14.9. The van der Waals surface area contributed by atoms with Crippen molar-refractivity contribution in [2.75, 3.05) is 0 Å². The van der Waals surface area contributed by atoms with Crippen LogP contribution in [-0.4, -0.2) is 55.4 Å². The molecule has 1 aromatic heterocycles. The summed E-state index contributed by atoms with van der Waals surface area (Å²) in [6.45, 7) is 0. The van der Waals surface area contributed by atoms with Gasteiger partial charge in [0.15, 0.2) is 0 Å². The largest absolute Gasteiger partial charge is 0.460 e. The number of sulfone groups is 1. The third kappa shape index (κ3) is 4.13. The van der Waals surface area contributed by atoms with E-state index in [1.807, 2.05) is 0 Å². The molecule has 0 unspecified atom stereocenters. The highest BCUT2D eigenvalue weighted by atomic mass is 79.9. The number of rotatable bonds is 8. The molecular weight excluding hydrogens is 723 g/mol. The van der Waals surface area contributed by atoms with Gasteiger partial charge in [0.05, 0.1) is 12.5 Å². The maximum absolute atomic E-state index is 14.0. The molecule has 1 aromatic rings. The van der Waals surface area contributed by atoms with Gasteiger partial charge in [-0.1, -0.05) is 0 Å². The number of alkyl halides is 17. The van der Waals surface area contributed by atoms with Gasteiger partial charge in [-0.05, 0) is 37.9 Å². The van der Waals surface area contributed by atoms with Gasteiger partial charge in [0.2, 0.25) is 0 Å². The first kappa shape index (κ1) is 32.4. The molecule has 206 valence electrons. The molecule has 0 N–H and O–H groups in total. The van der Waals surface area contributed by atoms with Crippen LogP contribution in [0.25, 0.3) is 0 Å². The molecule has 0 bridgehead atoms. The van der Waals surface area contributed by atoms with Crippen LogP contribution >= 0.6 is 43.2 Å². The van der Waals surface area contributed by atoms with Crippen LogP contribution in [0.4, 0.5) is 74.6 Å². The minimum Gasteiger partial charge on any atom is -0.217 e. The Balaban J connectivity index is 3.83. The maximum atomic E-state index is 14.0. The predicted octanol–water partition coefficient (Wildman–Crippen LogP) is 8.01. The third-order valence-electron chi connectivity index (χ3n) is 3.95. The molecule has 0 saturated carbocycles. The minimum absolute atomic E-state index is 0.00298. The highest BCUT2D eigenvalue weighted by Gasteiger charge is 2.96. The molecule has 23 heteroatoms.